The Morgan fingerprint density at radius 2 is 1.73 bits per heavy atom. The first kappa shape index (κ1) is 21.3. The van der Waals surface area contributed by atoms with E-state index in [1.165, 1.54) is 0 Å². The van der Waals surface area contributed by atoms with Gasteiger partial charge in [-0.25, -0.2) is 0 Å². The lowest BCUT2D eigenvalue weighted by Crippen LogP contribution is -2.53. The zero-order valence-electron chi connectivity index (χ0n) is 18.8. The van der Waals surface area contributed by atoms with Crippen LogP contribution >= 0.6 is 11.3 Å². The molecule has 7 heteroatoms. The molecule has 2 atom stereocenters. The van der Waals surface area contributed by atoms with Gasteiger partial charge in [0.05, 0.1) is 25.2 Å². The van der Waals surface area contributed by atoms with E-state index in [2.05, 4.69) is 11.0 Å². The monoisotopic (exact) mass is 466 g/mol. The van der Waals surface area contributed by atoms with Gasteiger partial charge in [-0.1, -0.05) is 37.1 Å². The van der Waals surface area contributed by atoms with Crippen molar-refractivity contribution in [2.45, 2.75) is 62.3 Å². The van der Waals surface area contributed by atoms with Crippen LogP contribution in [0, 0.1) is 0 Å². The van der Waals surface area contributed by atoms with Crippen molar-refractivity contribution in [3.63, 3.8) is 0 Å². The van der Waals surface area contributed by atoms with Gasteiger partial charge < -0.3 is 19.3 Å². The second kappa shape index (κ2) is 8.53. The predicted octanol–water partition coefficient (Wildman–Crippen LogP) is 4.34. The van der Waals surface area contributed by atoms with Crippen LogP contribution in [0.4, 0.5) is 0 Å². The maximum atomic E-state index is 14.2. The molecule has 1 spiro atoms. The van der Waals surface area contributed by atoms with Crippen LogP contribution in [0.25, 0.3) is 0 Å². The Hall–Kier alpha value is -2.22. The summed E-state index contributed by atoms with van der Waals surface area (Å²) in [6.07, 6.45) is 5.69. The summed E-state index contributed by atoms with van der Waals surface area (Å²) in [6, 6.07) is 11.8. The van der Waals surface area contributed by atoms with E-state index in [0.29, 0.717) is 44.7 Å². The maximum Gasteiger partial charge on any atom is 0.254 e. The number of ether oxygens (including phenoxy) is 2. The molecule has 1 aromatic heterocycles. The fraction of sp³-hybridized carbons (Fsp3) is 0.538. The van der Waals surface area contributed by atoms with Crippen LogP contribution in [0.15, 0.2) is 41.8 Å². The number of hydrogen-bond acceptors (Lipinski definition) is 5. The summed E-state index contributed by atoms with van der Waals surface area (Å²) in [5, 5.41) is 2.05. The molecule has 3 aliphatic heterocycles. The largest absolute Gasteiger partial charge is 0.347 e. The molecular weight excluding hydrogens is 436 g/mol. The Labute approximate surface area is 198 Å². The van der Waals surface area contributed by atoms with Crippen molar-refractivity contribution < 1.29 is 19.1 Å². The first-order valence-electron chi connectivity index (χ1n) is 12.2. The summed E-state index contributed by atoms with van der Waals surface area (Å²) < 4.78 is 11.8. The molecular formula is C26H30N2O4S. The molecule has 1 aromatic carbocycles. The number of piperidine rings is 1. The topological polar surface area (TPSA) is 59.1 Å². The van der Waals surface area contributed by atoms with Crippen molar-refractivity contribution in [1.29, 1.82) is 0 Å². The van der Waals surface area contributed by atoms with Crippen LogP contribution in [0.3, 0.4) is 0 Å². The van der Waals surface area contributed by atoms with Crippen molar-refractivity contribution in [2.24, 2.45) is 0 Å². The average Bonchev–Trinajstić information content (AvgIpc) is 3.63. The van der Waals surface area contributed by atoms with Crippen LogP contribution in [0.2, 0.25) is 0 Å². The van der Waals surface area contributed by atoms with E-state index in [4.69, 9.17) is 9.47 Å². The third-order valence-corrected chi connectivity index (χ3v) is 8.79. The van der Waals surface area contributed by atoms with Crippen LogP contribution in [-0.4, -0.2) is 59.7 Å². The van der Waals surface area contributed by atoms with E-state index in [9.17, 15) is 9.59 Å². The van der Waals surface area contributed by atoms with Gasteiger partial charge in [0, 0.05) is 42.4 Å². The number of nitrogens with zero attached hydrogens (tertiary/aromatic N) is 2. The van der Waals surface area contributed by atoms with Crippen molar-refractivity contribution in [3.05, 3.63) is 57.8 Å². The number of amides is 2. The predicted molar refractivity (Wildman–Crippen MR) is 125 cm³/mol. The minimum atomic E-state index is -0.514. The average molecular weight is 467 g/mol. The first-order chi connectivity index (χ1) is 16.2. The second-order valence-electron chi connectivity index (χ2n) is 9.61. The molecule has 4 aliphatic rings. The van der Waals surface area contributed by atoms with Gasteiger partial charge in [0.2, 0.25) is 5.91 Å². The summed E-state index contributed by atoms with van der Waals surface area (Å²) >= 11 is 1.65. The fourth-order valence-electron chi connectivity index (χ4n) is 6.21. The maximum absolute atomic E-state index is 14.2. The highest BCUT2D eigenvalue weighted by Gasteiger charge is 2.49. The van der Waals surface area contributed by atoms with Gasteiger partial charge in [0.15, 0.2) is 5.79 Å². The smallest absolute Gasteiger partial charge is 0.254 e. The van der Waals surface area contributed by atoms with Crippen LogP contribution in [-0.2, 0) is 14.3 Å². The van der Waals surface area contributed by atoms with Crippen molar-refractivity contribution in [1.82, 2.24) is 9.80 Å². The Morgan fingerprint density at radius 3 is 2.42 bits per heavy atom. The van der Waals surface area contributed by atoms with Gasteiger partial charge in [-0.15, -0.1) is 11.3 Å². The number of hydrogen-bond donors (Lipinski definition) is 0. The highest BCUT2D eigenvalue weighted by Crippen LogP contribution is 2.48. The molecule has 3 fully saturated rings. The van der Waals surface area contributed by atoms with Crippen LogP contribution in [0.5, 0.6) is 0 Å². The quantitative estimate of drug-likeness (QED) is 0.675. The van der Waals surface area contributed by atoms with E-state index in [0.717, 1.165) is 36.1 Å². The zero-order chi connectivity index (χ0) is 22.4. The molecule has 2 unspecified atom stereocenters. The summed E-state index contributed by atoms with van der Waals surface area (Å²) in [7, 11) is 0. The summed E-state index contributed by atoms with van der Waals surface area (Å²) in [5.41, 5.74) is 1.56. The highest BCUT2D eigenvalue weighted by molar-refractivity contribution is 7.10. The molecule has 174 valence electrons. The fourth-order valence-corrected chi connectivity index (χ4v) is 7.07. The Kier molecular flexibility index (Phi) is 5.51. The van der Waals surface area contributed by atoms with E-state index < -0.39 is 11.7 Å². The Morgan fingerprint density at radius 1 is 1.00 bits per heavy atom. The van der Waals surface area contributed by atoms with E-state index in [1.807, 2.05) is 40.6 Å². The number of likely N-dealkylation sites (tertiary alicyclic amines) is 1. The van der Waals surface area contributed by atoms with Crippen molar-refractivity contribution in [2.75, 3.05) is 26.3 Å². The number of fused-ring (bicyclic) bond motifs is 1. The van der Waals surface area contributed by atoms with Crippen molar-refractivity contribution in [3.8, 4) is 0 Å². The molecule has 4 heterocycles. The molecule has 1 aliphatic carbocycles. The van der Waals surface area contributed by atoms with Gasteiger partial charge in [0.1, 0.15) is 0 Å². The highest BCUT2D eigenvalue weighted by atomic mass is 32.1. The van der Waals surface area contributed by atoms with Crippen LogP contribution < -0.4 is 0 Å². The van der Waals surface area contributed by atoms with Gasteiger partial charge in [-0.3, -0.25) is 9.59 Å². The molecule has 0 radical (unpaired) electrons. The minimum absolute atomic E-state index is 0.0744. The SMILES string of the molecule is O=C(C1c2ccccc2C(=O)N(C2CCCC2)C1c1cccs1)N1CCC2(CC1)OCCO2. The second-order valence-corrected chi connectivity index (χ2v) is 10.6. The number of carbonyl (C=O) groups is 2. The summed E-state index contributed by atoms with van der Waals surface area (Å²) in [4.78, 5) is 33.1. The van der Waals surface area contributed by atoms with Crippen molar-refractivity contribution >= 4 is 23.2 Å². The molecule has 2 saturated heterocycles. The van der Waals surface area contributed by atoms with Gasteiger partial charge in [0.25, 0.3) is 5.91 Å². The molecule has 2 aromatic rings. The minimum Gasteiger partial charge on any atom is -0.347 e. The van der Waals surface area contributed by atoms with E-state index >= 15 is 0 Å². The van der Waals surface area contributed by atoms with Crippen LogP contribution in [0.1, 0.15) is 71.3 Å². The number of benzene rings is 1. The van der Waals surface area contributed by atoms with E-state index in [-0.39, 0.29) is 23.9 Å². The molecule has 6 nitrogen and oxygen atoms in total. The lowest BCUT2D eigenvalue weighted by Gasteiger charge is -2.46. The van der Waals surface area contributed by atoms with E-state index in [1.54, 1.807) is 11.3 Å². The lowest BCUT2D eigenvalue weighted by atomic mass is 9.80. The molecule has 6 rings (SSSR count). The number of rotatable bonds is 3. The molecule has 1 saturated carbocycles. The molecule has 2 amide bonds. The zero-order valence-corrected chi connectivity index (χ0v) is 19.6. The number of thiophene rings is 1. The Balaban J connectivity index is 1.39. The standard InChI is InChI=1S/C26H30N2O4S/c29-24-20-9-4-3-8-19(20)22(25(30)27-13-11-26(12-14-27)31-15-16-32-26)23(21-10-5-17-33-21)28(24)18-6-1-2-7-18/h3-5,8-10,17-18,22-23H,1-2,6-7,11-16H2. The molecule has 33 heavy (non-hydrogen) atoms. The normalized spacial score (nSPS) is 27.3. The number of carbonyl (C=O) groups excluding carboxylic acids is 2. The van der Waals surface area contributed by atoms with Gasteiger partial charge in [-0.05, 0) is 35.9 Å². The summed E-state index contributed by atoms with van der Waals surface area (Å²) in [5.74, 6) is -0.715. The molecule has 0 bridgehead atoms. The third-order valence-electron chi connectivity index (χ3n) is 7.85. The van der Waals surface area contributed by atoms with Gasteiger partial charge >= 0.3 is 0 Å². The first-order valence-corrected chi connectivity index (χ1v) is 13.1. The third kappa shape index (κ3) is 3.61. The van der Waals surface area contributed by atoms with Gasteiger partial charge in [-0.2, -0.15) is 0 Å². The Bertz CT molecular complexity index is 1020. The lowest BCUT2D eigenvalue weighted by molar-refractivity contribution is -0.188. The summed E-state index contributed by atoms with van der Waals surface area (Å²) in [6.45, 7) is 2.49. The molecule has 0 N–H and O–H groups in total.